The zero-order valence-electron chi connectivity index (χ0n) is 30.8. The lowest BCUT2D eigenvalue weighted by molar-refractivity contribution is 0.669. The second kappa shape index (κ2) is 13.6. The number of hydrogen-bond acceptors (Lipinski definition) is 4. The second-order valence-electron chi connectivity index (χ2n) is 14.4. The summed E-state index contributed by atoms with van der Waals surface area (Å²) in [5, 5.41) is 6.82. The maximum atomic E-state index is 6.33. The van der Waals surface area contributed by atoms with E-state index in [1.807, 2.05) is 30.3 Å². The summed E-state index contributed by atoms with van der Waals surface area (Å²) in [5.41, 5.74) is 11.1. The van der Waals surface area contributed by atoms with Crippen LogP contribution in [0, 0.1) is 0 Å². The summed E-state index contributed by atoms with van der Waals surface area (Å²) in [6.07, 6.45) is 0. The van der Waals surface area contributed by atoms with Crippen LogP contribution in [0.4, 0.5) is 0 Å². The topological polar surface area (TPSA) is 51.8 Å². The van der Waals surface area contributed by atoms with Crippen molar-refractivity contribution in [3.8, 4) is 67.5 Å². The van der Waals surface area contributed by atoms with E-state index in [0.29, 0.717) is 17.5 Å². The molecule has 2 aromatic heterocycles. The normalized spacial score (nSPS) is 11.5. The monoisotopic (exact) mass is 727 g/mol. The Kier molecular flexibility index (Phi) is 7.78. The molecule has 0 aliphatic heterocycles. The van der Waals surface area contributed by atoms with Crippen molar-refractivity contribution >= 4 is 43.5 Å². The molecule has 0 aliphatic rings. The molecule has 0 amide bonds. The predicted octanol–water partition coefficient (Wildman–Crippen LogP) is 14.1. The minimum atomic E-state index is 0.576. The van der Waals surface area contributed by atoms with Gasteiger partial charge >= 0.3 is 0 Å². The Labute approximate surface area is 329 Å². The van der Waals surface area contributed by atoms with E-state index < -0.39 is 0 Å². The molecular formula is C53H33N3O. The molecule has 0 saturated carbocycles. The molecule has 266 valence electrons. The molecule has 4 heteroatoms. The maximum absolute atomic E-state index is 6.33. The van der Waals surface area contributed by atoms with Crippen LogP contribution in [0.2, 0.25) is 0 Å². The first-order chi connectivity index (χ1) is 28.2. The Morgan fingerprint density at radius 1 is 0.263 bits per heavy atom. The van der Waals surface area contributed by atoms with E-state index in [2.05, 4.69) is 170 Å². The Balaban J connectivity index is 1.12. The SMILES string of the molecule is c1ccc(-c2cc3ccccc3cc2-c2nc(-c3cccc(-c4ccc(-c5ccccc5)c5ccccc45)c3)nc(-c3ccc4c(c3)oc3ccccc34)n2)cc1. The summed E-state index contributed by atoms with van der Waals surface area (Å²) < 4.78 is 6.33. The third-order valence-corrected chi connectivity index (χ3v) is 10.9. The van der Waals surface area contributed by atoms with E-state index in [9.17, 15) is 0 Å². The van der Waals surface area contributed by atoms with Gasteiger partial charge in [-0.25, -0.2) is 15.0 Å². The third kappa shape index (κ3) is 5.83. The van der Waals surface area contributed by atoms with Gasteiger partial charge in [-0.1, -0.05) is 164 Å². The van der Waals surface area contributed by atoms with Crippen LogP contribution in [0.25, 0.3) is 111 Å². The Bertz CT molecular complexity index is 3300. The minimum absolute atomic E-state index is 0.576. The molecule has 0 saturated heterocycles. The van der Waals surface area contributed by atoms with Crippen molar-refractivity contribution in [2.75, 3.05) is 0 Å². The van der Waals surface area contributed by atoms with Gasteiger partial charge in [0.25, 0.3) is 0 Å². The molecule has 0 radical (unpaired) electrons. The highest BCUT2D eigenvalue weighted by atomic mass is 16.3. The number of rotatable bonds is 6. The van der Waals surface area contributed by atoms with Crippen LogP contribution in [0.1, 0.15) is 0 Å². The molecule has 2 heterocycles. The van der Waals surface area contributed by atoms with Crippen molar-refractivity contribution in [1.82, 2.24) is 15.0 Å². The van der Waals surface area contributed by atoms with Gasteiger partial charge in [-0.2, -0.15) is 0 Å². The van der Waals surface area contributed by atoms with E-state index in [0.717, 1.165) is 71.7 Å². The van der Waals surface area contributed by atoms with Gasteiger partial charge in [-0.3, -0.25) is 0 Å². The maximum Gasteiger partial charge on any atom is 0.164 e. The van der Waals surface area contributed by atoms with Crippen molar-refractivity contribution in [2.24, 2.45) is 0 Å². The highest BCUT2D eigenvalue weighted by Crippen LogP contribution is 2.39. The highest BCUT2D eigenvalue weighted by molar-refractivity contribution is 6.06. The summed E-state index contributed by atoms with van der Waals surface area (Å²) >= 11 is 0. The van der Waals surface area contributed by atoms with Gasteiger partial charge in [-0.05, 0) is 91.3 Å². The molecular weight excluding hydrogens is 695 g/mol. The largest absolute Gasteiger partial charge is 0.456 e. The third-order valence-electron chi connectivity index (χ3n) is 10.9. The predicted molar refractivity (Wildman–Crippen MR) is 235 cm³/mol. The molecule has 11 rings (SSSR count). The smallest absolute Gasteiger partial charge is 0.164 e. The van der Waals surface area contributed by atoms with Crippen LogP contribution in [0.15, 0.2) is 205 Å². The lowest BCUT2D eigenvalue weighted by Crippen LogP contribution is -2.01. The van der Waals surface area contributed by atoms with E-state index in [4.69, 9.17) is 19.4 Å². The van der Waals surface area contributed by atoms with Crippen molar-refractivity contribution in [1.29, 1.82) is 0 Å². The summed E-state index contributed by atoms with van der Waals surface area (Å²) in [6, 6.07) is 70.0. The lowest BCUT2D eigenvalue weighted by Gasteiger charge is -2.15. The van der Waals surface area contributed by atoms with E-state index in [-0.39, 0.29) is 0 Å². The van der Waals surface area contributed by atoms with Crippen LogP contribution in [0.3, 0.4) is 0 Å². The minimum Gasteiger partial charge on any atom is -0.456 e. The Morgan fingerprint density at radius 3 is 1.46 bits per heavy atom. The van der Waals surface area contributed by atoms with E-state index in [1.54, 1.807) is 0 Å². The summed E-state index contributed by atoms with van der Waals surface area (Å²) in [6.45, 7) is 0. The van der Waals surface area contributed by atoms with E-state index in [1.165, 1.54) is 21.9 Å². The fourth-order valence-electron chi connectivity index (χ4n) is 8.15. The van der Waals surface area contributed by atoms with Crippen molar-refractivity contribution in [3.63, 3.8) is 0 Å². The molecule has 4 nitrogen and oxygen atoms in total. The molecule has 9 aromatic carbocycles. The van der Waals surface area contributed by atoms with E-state index >= 15 is 0 Å². The van der Waals surface area contributed by atoms with Crippen LogP contribution < -0.4 is 0 Å². The molecule has 0 fully saturated rings. The fraction of sp³-hybridized carbons (Fsp3) is 0. The standard InChI is InChI=1S/C53H33N3O/c1-3-14-34(15-4-1)41-28-29-42(44-23-10-9-22-43(41)44)38-20-13-21-39(30-38)51-54-52(40-26-27-46-45-24-11-12-25-49(45)57-50(46)33-40)56-53(55-51)48-32-37-19-8-7-18-36(37)31-47(48)35-16-5-2-6-17-35/h1-33H. The van der Waals surface area contributed by atoms with Crippen molar-refractivity contribution in [2.45, 2.75) is 0 Å². The average Bonchev–Trinajstić information content (AvgIpc) is 3.67. The van der Waals surface area contributed by atoms with Gasteiger partial charge in [0.15, 0.2) is 17.5 Å². The Hall–Kier alpha value is -7.69. The zero-order chi connectivity index (χ0) is 37.7. The van der Waals surface area contributed by atoms with Gasteiger partial charge in [0, 0.05) is 27.5 Å². The number of hydrogen-bond donors (Lipinski definition) is 0. The number of benzene rings is 9. The first-order valence-electron chi connectivity index (χ1n) is 19.2. The van der Waals surface area contributed by atoms with Crippen molar-refractivity contribution < 1.29 is 4.42 Å². The van der Waals surface area contributed by atoms with Crippen LogP contribution >= 0.6 is 0 Å². The summed E-state index contributed by atoms with van der Waals surface area (Å²) in [4.78, 5) is 15.8. The number of nitrogens with zero attached hydrogens (tertiary/aromatic N) is 3. The Morgan fingerprint density at radius 2 is 0.754 bits per heavy atom. The summed E-state index contributed by atoms with van der Waals surface area (Å²) in [7, 11) is 0. The van der Waals surface area contributed by atoms with Gasteiger partial charge in [0.1, 0.15) is 11.2 Å². The average molecular weight is 728 g/mol. The lowest BCUT2D eigenvalue weighted by atomic mass is 9.91. The first kappa shape index (κ1) is 32.7. The fourth-order valence-corrected chi connectivity index (χ4v) is 8.15. The van der Waals surface area contributed by atoms with Crippen LogP contribution in [0.5, 0.6) is 0 Å². The quantitative estimate of drug-likeness (QED) is 0.171. The molecule has 0 unspecified atom stereocenters. The van der Waals surface area contributed by atoms with Crippen LogP contribution in [-0.4, -0.2) is 15.0 Å². The summed E-state index contributed by atoms with van der Waals surface area (Å²) in [5.74, 6) is 1.78. The molecule has 0 spiro atoms. The number of furan rings is 1. The molecule has 11 aromatic rings. The number of para-hydroxylation sites is 1. The van der Waals surface area contributed by atoms with Gasteiger partial charge in [0.2, 0.25) is 0 Å². The van der Waals surface area contributed by atoms with Gasteiger partial charge in [0.05, 0.1) is 0 Å². The number of aromatic nitrogens is 3. The molecule has 0 atom stereocenters. The molecule has 0 aliphatic carbocycles. The molecule has 0 bridgehead atoms. The zero-order valence-corrected chi connectivity index (χ0v) is 30.8. The molecule has 57 heavy (non-hydrogen) atoms. The molecule has 0 N–H and O–H groups in total. The number of fused-ring (bicyclic) bond motifs is 5. The van der Waals surface area contributed by atoms with Crippen LogP contribution in [-0.2, 0) is 0 Å². The van der Waals surface area contributed by atoms with Gasteiger partial charge < -0.3 is 4.42 Å². The second-order valence-corrected chi connectivity index (χ2v) is 14.4. The highest BCUT2D eigenvalue weighted by Gasteiger charge is 2.19. The van der Waals surface area contributed by atoms with Gasteiger partial charge in [-0.15, -0.1) is 0 Å². The van der Waals surface area contributed by atoms with Crippen molar-refractivity contribution in [3.05, 3.63) is 200 Å². The first-order valence-corrected chi connectivity index (χ1v) is 19.2.